The SMILES string of the molecule is COC(=O)[C@H]1CN(C(=O)N[C@@H]2CCCO[C@@H]2CC(C)C)C[C@@H](C)O1. The van der Waals surface area contributed by atoms with Gasteiger partial charge in [-0.15, -0.1) is 0 Å². The van der Waals surface area contributed by atoms with E-state index in [-0.39, 0.29) is 30.8 Å². The molecule has 0 radical (unpaired) electrons. The summed E-state index contributed by atoms with van der Waals surface area (Å²) < 4.78 is 16.2. The van der Waals surface area contributed by atoms with Crippen LogP contribution in [0.25, 0.3) is 0 Å². The minimum absolute atomic E-state index is 0.0170. The smallest absolute Gasteiger partial charge is 0.336 e. The molecule has 0 bridgehead atoms. The molecule has 0 unspecified atom stereocenters. The topological polar surface area (TPSA) is 77.1 Å². The summed E-state index contributed by atoms with van der Waals surface area (Å²) in [6.45, 7) is 7.58. The van der Waals surface area contributed by atoms with Gasteiger partial charge in [0, 0.05) is 13.2 Å². The Morgan fingerprint density at radius 3 is 2.75 bits per heavy atom. The Kier molecular flexibility index (Phi) is 6.86. The zero-order chi connectivity index (χ0) is 17.7. The number of nitrogens with one attached hydrogen (secondary N) is 1. The van der Waals surface area contributed by atoms with Crippen molar-refractivity contribution in [3.63, 3.8) is 0 Å². The first-order chi connectivity index (χ1) is 11.4. The number of morpholine rings is 1. The minimum atomic E-state index is -0.724. The quantitative estimate of drug-likeness (QED) is 0.785. The molecule has 0 aromatic heterocycles. The maximum Gasteiger partial charge on any atom is 0.336 e. The van der Waals surface area contributed by atoms with Crippen molar-refractivity contribution >= 4 is 12.0 Å². The highest BCUT2D eigenvalue weighted by atomic mass is 16.6. The van der Waals surface area contributed by atoms with E-state index in [9.17, 15) is 9.59 Å². The molecule has 1 N–H and O–H groups in total. The fourth-order valence-corrected chi connectivity index (χ4v) is 3.33. The Morgan fingerprint density at radius 2 is 2.08 bits per heavy atom. The van der Waals surface area contributed by atoms with Gasteiger partial charge in [0.25, 0.3) is 0 Å². The summed E-state index contributed by atoms with van der Waals surface area (Å²) in [5.74, 6) is 0.0673. The number of rotatable bonds is 4. The Morgan fingerprint density at radius 1 is 1.33 bits per heavy atom. The van der Waals surface area contributed by atoms with Crippen LogP contribution in [-0.2, 0) is 19.0 Å². The van der Waals surface area contributed by atoms with Crippen LogP contribution < -0.4 is 5.32 Å². The predicted molar refractivity (Wildman–Crippen MR) is 88.7 cm³/mol. The van der Waals surface area contributed by atoms with Gasteiger partial charge in [-0.05, 0) is 32.1 Å². The summed E-state index contributed by atoms with van der Waals surface area (Å²) in [4.78, 5) is 26.0. The molecule has 2 amide bonds. The lowest BCUT2D eigenvalue weighted by Crippen LogP contribution is -2.58. The number of nitrogens with zero attached hydrogens (tertiary/aromatic N) is 1. The molecule has 24 heavy (non-hydrogen) atoms. The van der Waals surface area contributed by atoms with Gasteiger partial charge in [0.1, 0.15) is 0 Å². The van der Waals surface area contributed by atoms with Crippen LogP contribution in [0, 0.1) is 5.92 Å². The maximum absolute atomic E-state index is 12.7. The van der Waals surface area contributed by atoms with Gasteiger partial charge in [0.15, 0.2) is 6.10 Å². The number of hydrogen-bond acceptors (Lipinski definition) is 5. The molecule has 4 atom stereocenters. The van der Waals surface area contributed by atoms with Crippen molar-refractivity contribution in [3.05, 3.63) is 0 Å². The molecule has 0 saturated carbocycles. The molecule has 2 heterocycles. The zero-order valence-corrected chi connectivity index (χ0v) is 15.1. The molecule has 2 aliphatic rings. The van der Waals surface area contributed by atoms with Crippen LogP contribution in [0.4, 0.5) is 4.79 Å². The molecule has 7 nitrogen and oxygen atoms in total. The van der Waals surface area contributed by atoms with Crippen molar-refractivity contribution < 1.29 is 23.8 Å². The lowest BCUT2D eigenvalue weighted by atomic mass is 9.95. The monoisotopic (exact) mass is 342 g/mol. The second-order valence-electron chi connectivity index (χ2n) is 7.10. The van der Waals surface area contributed by atoms with Gasteiger partial charge < -0.3 is 24.4 Å². The van der Waals surface area contributed by atoms with Crippen molar-refractivity contribution in [2.45, 2.75) is 64.4 Å². The average Bonchev–Trinajstić information content (AvgIpc) is 2.54. The Hall–Kier alpha value is -1.34. The van der Waals surface area contributed by atoms with Gasteiger partial charge in [0.2, 0.25) is 0 Å². The maximum atomic E-state index is 12.7. The highest BCUT2D eigenvalue weighted by Gasteiger charge is 2.35. The van der Waals surface area contributed by atoms with Gasteiger partial charge >= 0.3 is 12.0 Å². The second-order valence-corrected chi connectivity index (χ2v) is 7.10. The van der Waals surface area contributed by atoms with E-state index in [1.165, 1.54) is 7.11 Å². The van der Waals surface area contributed by atoms with Crippen LogP contribution in [0.2, 0.25) is 0 Å². The van der Waals surface area contributed by atoms with Crippen molar-refractivity contribution in [2.75, 3.05) is 26.8 Å². The molecule has 0 aromatic rings. The molecule has 7 heteroatoms. The Bertz CT molecular complexity index is 443. The summed E-state index contributed by atoms with van der Waals surface area (Å²) in [6.07, 6.45) is 1.92. The summed E-state index contributed by atoms with van der Waals surface area (Å²) >= 11 is 0. The molecule has 2 saturated heterocycles. The van der Waals surface area contributed by atoms with Gasteiger partial charge in [-0.2, -0.15) is 0 Å². The molecule has 2 aliphatic heterocycles. The van der Waals surface area contributed by atoms with Crippen LogP contribution in [0.5, 0.6) is 0 Å². The Labute approximate surface area is 144 Å². The summed E-state index contributed by atoms with van der Waals surface area (Å²) in [6, 6.07) is -0.147. The van der Waals surface area contributed by atoms with Gasteiger partial charge in [0.05, 0.1) is 31.9 Å². The standard InChI is InChI=1S/C17H30N2O5/c1-11(2)8-14-13(6-5-7-23-14)18-17(21)19-9-12(3)24-15(10-19)16(20)22-4/h11-15H,5-10H2,1-4H3,(H,18,21)/t12-,13-,14-,15-/m1/s1. The van der Waals surface area contributed by atoms with E-state index < -0.39 is 12.1 Å². The molecule has 138 valence electrons. The van der Waals surface area contributed by atoms with Crippen molar-refractivity contribution in [3.8, 4) is 0 Å². The van der Waals surface area contributed by atoms with E-state index in [1.807, 2.05) is 6.92 Å². The van der Waals surface area contributed by atoms with Crippen molar-refractivity contribution in [1.29, 1.82) is 0 Å². The third kappa shape index (κ3) is 5.08. The van der Waals surface area contributed by atoms with Crippen molar-refractivity contribution in [2.24, 2.45) is 5.92 Å². The molecule has 0 aromatic carbocycles. The molecule has 0 spiro atoms. The van der Waals surface area contributed by atoms with Gasteiger partial charge in [-0.3, -0.25) is 0 Å². The zero-order valence-electron chi connectivity index (χ0n) is 15.1. The first-order valence-electron chi connectivity index (χ1n) is 8.81. The summed E-state index contributed by atoms with van der Waals surface area (Å²) in [5, 5.41) is 3.10. The van der Waals surface area contributed by atoms with E-state index >= 15 is 0 Å². The van der Waals surface area contributed by atoms with Crippen LogP contribution in [0.1, 0.15) is 40.0 Å². The van der Waals surface area contributed by atoms with E-state index in [0.717, 1.165) is 25.9 Å². The van der Waals surface area contributed by atoms with Crippen LogP contribution >= 0.6 is 0 Å². The van der Waals surface area contributed by atoms with Gasteiger partial charge in [-0.1, -0.05) is 13.8 Å². The third-order valence-electron chi connectivity index (χ3n) is 4.46. The number of methoxy groups -OCH3 is 1. The number of hydrogen-bond donors (Lipinski definition) is 1. The number of ether oxygens (including phenoxy) is 3. The largest absolute Gasteiger partial charge is 0.467 e. The highest BCUT2D eigenvalue weighted by Crippen LogP contribution is 2.21. The van der Waals surface area contributed by atoms with Crippen LogP contribution in [0.3, 0.4) is 0 Å². The number of esters is 1. The van der Waals surface area contributed by atoms with Gasteiger partial charge in [-0.25, -0.2) is 9.59 Å². The average molecular weight is 342 g/mol. The van der Waals surface area contributed by atoms with E-state index in [4.69, 9.17) is 14.2 Å². The first-order valence-corrected chi connectivity index (χ1v) is 8.81. The molecule has 2 rings (SSSR count). The summed E-state index contributed by atoms with van der Waals surface area (Å²) in [5.41, 5.74) is 0. The minimum Gasteiger partial charge on any atom is -0.467 e. The van der Waals surface area contributed by atoms with Crippen LogP contribution in [0.15, 0.2) is 0 Å². The molecule has 2 fully saturated rings. The number of carbonyl (C=O) groups excluding carboxylic acids is 2. The van der Waals surface area contributed by atoms with Crippen LogP contribution in [-0.4, -0.2) is 68.1 Å². The Balaban J connectivity index is 1.95. The van der Waals surface area contributed by atoms with E-state index in [2.05, 4.69) is 19.2 Å². The predicted octanol–water partition coefficient (Wildman–Crippen LogP) is 1.55. The van der Waals surface area contributed by atoms with E-state index in [1.54, 1.807) is 4.90 Å². The number of carbonyl (C=O) groups is 2. The second kappa shape index (κ2) is 8.67. The number of urea groups is 1. The normalized spacial score (nSPS) is 31.0. The number of amides is 2. The lowest BCUT2D eigenvalue weighted by molar-refractivity contribution is -0.164. The van der Waals surface area contributed by atoms with E-state index in [0.29, 0.717) is 12.5 Å². The molecular weight excluding hydrogens is 312 g/mol. The lowest BCUT2D eigenvalue weighted by Gasteiger charge is -2.38. The highest BCUT2D eigenvalue weighted by molar-refractivity contribution is 5.78. The fraction of sp³-hybridized carbons (Fsp3) is 0.882. The summed E-state index contributed by atoms with van der Waals surface area (Å²) in [7, 11) is 1.32. The molecular formula is C17H30N2O5. The third-order valence-corrected chi connectivity index (χ3v) is 4.46. The first kappa shape index (κ1) is 19.0. The molecule has 0 aliphatic carbocycles. The van der Waals surface area contributed by atoms with Crippen molar-refractivity contribution in [1.82, 2.24) is 10.2 Å². The fourth-order valence-electron chi connectivity index (χ4n) is 3.33.